The van der Waals surface area contributed by atoms with Crippen molar-refractivity contribution < 1.29 is 9.59 Å². The van der Waals surface area contributed by atoms with E-state index >= 15 is 0 Å². The van der Waals surface area contributed by atoms with Crippen molar-refractivity contribution in [1.29, 1.82) is 0 Å². The van der Waals surface area contributed by atoms with E-state index in [9.17, 15) is 9.59 Å². The third-order valence-corrected chi connectivity index (χ3v) is 3.63. The molecule has 0 aromatic heterocycles. The van der Waals surface area contributed by atoms with E-state index in [0.29, 0.717) is 13.1 Å². The van der Waals surface area contributed by atoms with Crippen LogP contribution in [0.1, 0.15) is 0 Å². The lowest BCUT2D eigenvalue weighted by molar-refractivity contribution is 0.149. The summed E-state index contributed by atoms with van der Waals surface area (Å²) < 4.78 is 0. The van der Waals surface area contributed by atoms with Gasteiger partial charge in [-0.05, 0) is 12.1 Å². The normalized spacial score (nSPS) is 14.8. The number of hydrogen-bond acceptors (Lipinski definition) is 3. The second-order valence-electron chi connectivity index (χ2n) is 5.33. The summed E-state index contributed by atoms with van der Waals surface area (Å²) in [6.45, 7) is 2.80. The van der Waals surface area contributed by atoms with E-state index in [1.807, 2.05) is 18.2 Å². The van der Waals surface area contributed by atoms with E-state index < -0.39 is 0 Å². The summed E-state index contributed by atoms with van der Waals surface area (Å²) in [6, 6.07) is 9.61. The molecule has 21 heavy (non-hydrogen) atoms. The number of piperazine rings is 1. The third kappa shape index (κ3) is 3.45. The molecule has 6 heteroatoms. The van der Waals surface area contributed by atoms with Gasteiger partial charge in [-0.3, -0.25) is 0 Å². The van der Waals surface area contributed by atoms with Crippen LogP contribution in [0.3, 0.4) is 0 Å². The van der Waals surface area contributed by atoms with Crippen LogP contribution in [0.25, 0.3) is 0 Å². The topological polar surface area (TPSA) is 47.1 Å². The molecule has 1 aromatic carbocycles. The van der Waals surface area contributed by atoms with E-state index in [0.717, 1.165) is 18.0 Å². The van der Waals surface area contributed by atoms with Gasteiger partial charge in [0.15, 0.2) is 0 Å². The second-order valence-corrected chi connectivity index (χ2v) is 5.33. The van der Waals surface area contributed by atoms with Crippen molar-refractivity contribution in [3.05, 3.63) is 30.3 Å². The Morgan fingerprint density at radius 3 is 2.05 bits per heavy atom. The first-order chi connectivity index (χ1) is 10.0. The summed E-state index contributed by atoms with van der Waals surface area (Å²) in [4.78, 5) is 30.6. The fraction of sp³-hybridized carbons (Fsp3) is 0.467. The lowest BCUT2D eigenvalue weighted by atomic mass is 10.2. The molecule has 0 spiro atoms. The quantitative estimate of drug-likeness (QED) is 0.788. The molecule has 0 atom stereocenters. The first-order valence-corrected chi connectivity index (χ1v) is 7.04. The zero-order chi connectivity index (χ0) is 15.4. The number of rotatable bonds is 1. The average molecular weight is 290 g/mol. The van der Waals surface area contributed by atoms with Gasteiger partial charge in [-0.1, -0.05) is 18.2 Å². The SMILES string of the molecule is CN(C)C(=O)N(C)C(=O)N1CCN(c2ccccc2)CC1. The van der Waals surface area contributed by atoms with Crippen LogP contribution in [0.5, 0.6) is 0 Å². The van der Waals surface area contributed by atoms with Crippen LogP contribution in [-0.4, -0.2) is 74.1 Å². The van der Waals surface area contributed by atoms with Crippen LogP contribution in [0.2, 0.25) is 0 Å². The van der Waals surface area contributed by atoms with E-state index in [-0.39, 0.29) is 12.1 Å². The molecule has 1 aliphatic heterocycles. The molecule has 1 heterocycles. The maximum absolute atomic E-state index is 12.3. The minimum atomic E-state index is -0.300. The first kappa shape index (κ1) is 15.2. The van der Waals surface area contributed by atoms with E-state index in [2.05, 4.69) is 17.0 Å². The molecule has 6 nitrogen and oxygen atoms in total. The standard InChI is InChI=1S/C15H22N4O2/c1-16(2)14(20)17(3)15(21)19-11-9-18(10-12-19)13-7-5-4-6-8-13/h4-8H,9-12H2,1-3H3. The molecule has 0 N–H and O–H groups in total. The number of amides is 4. The minimum Gasteiger partial charge on any atom is -0.368 e. The van der Waals surface area contributed by atoms with Crippen LogP contribution in [0.4, 0.5) is 15.3 Å². The third-order valence-electron chi connectivity index (χ3n) is 3.63. The molecule has 4 amide bonds. The summed E-state index contributed by atoms with van der Waals surface area (Å²) in [5.41, 5.74) is 1.17. The smallest absolute Gasteiger partial charge is 0.328 e. The molecular formula is C15H22N4O2. The van der Waals surface area contributed by atoms with Crippen molar-refractivity contribution in [2.24, 2.45) is 0 Å². The van der Waals surface area contributed by atoms with Crippen LogP contribution >= 0.6 is 0 Å². The van der Waals surface area contributed by atoms with Crippen LogP contribution in [0, 0.1) is 0 Å². The van der Waals surface area contributed by atoms with Gasteiger partial charge in [-0.2, -0.15) is 0 Å². The Hall–Kier alpha value is -2.24. The number of hydrogen-bond donors (Lipinski definition) is 0. The molecule has 1 aromatic rings. The molecule has 114 valence electrons. The van der Waals surface area contributed by atoms with E-state index in [1.54, 1.807) is 19.0 Å². The number of urea groups is 2. The van der Waals surface area contributed by atoms with Gasteiger partial charge in [0.1, 0.15) is 0 Å². The predicted molar refractivity (Wildman–Crippen MR) is 82.5 cm³/mol. The average Bonchev–Trinajstić information content (AvgIpc) is 2.53. The van der Waals surface area contributed by atoms with Gasteiger partial charge in [0.05, 0.1) is 0 Å². The number of anilines is 1. The van der Waals surface area contributed by atoms with Crippen molar-refractivity contribution in [3.8, 4) is 0 Å². The number of nitrogens with zero attached hydrogens (tertiary/aromatic N) is 4. The molecule has 2 rings (SSSR count). The zero-order valence-electron chi connectivity index (χ0n) is 12.8. The first-order valence-electron chi connectivity index (χ1n) is 7.04. The number of benzene rings is 1. The highest BCUT2D eigenvalue weighted by atomic mass is 16.2. The second kappa shape index (κ2) is 6.47. The fourth-order valence-corrected chi connectivity index (χ4v) is 2.39. The highest BCUT2D eigenvalue weighted by Gasteiger charge is 2.27. The summed E-state index contributed by atoms with van der Waals surface area (Å²) >= 11 is 0. The van der Waals surface area contributed by atoms with Crippen molar-refractivity contribution in [3.63, 3.8) is 0 Å². The van der Waals surface area contributed by atoms with Crippen LogP contribution < -0.4 is 4.90 Å². The Morgan fingerprint density at radius 2 is 1.52 bits per heavy atom. The zero-order valence-corrected chi connectivity index (χ0v) is 12.8. The van der Waals surface area contributed by atoms with Crippen LogP contribution in [-0.2, 0) is 0 Å². The fourth-order valence-electron chi connectivity index (χ4n) is 2.39. The highest BCUT2D eigenvalue weighted by Crippen LogP contribution is 2.16. The molecular weight excluding hydrogens is 268 g/mol. The Kier molecular flexibility index (Phi) is 4.67. The lowest BCUT2D eigenvalue weighted by Gasteiger charge is -2.37. The maximum Gasteiger partial charge on any atom is 0.328 e. The van der Waals surface area contributed by atoms with Gasteiger partial charge in [-0.25, -0.2) is 14.5 Å². The molecule has 0 unspecified atom stereocenters. The number of para-hydroxylation sites is 1. The molecule has 0 aliphatic carbocycles. The van der Waals surface area contributed by atoms with Crippen molar-refractivity contribution in [2.45, 2.75) is 0 Å². The molecule has 0 bridgehead atoms. The minimum absolute atomic E-state index is 0.235. The van der Waals surface area contributed by atoms with Gasteiger partial charge in [0, 0.05) is 53.0 Å². The maximum atomic E-state index is 12.3. The summed E-state index contributed by atoms with van der Waals surface area (Å²) in [5.74, 6) is 0. The Labute approximate surface area is 125 Å². The van der Waals surface area contributed by atoms with Crippen molar-refractivity contribution >= 4 is 17.7 Å². The van der Waals surface area contributed by atoms with Crippen molar-refractivity contribution in [2.75, 3.05) is 52.2 Å². The van der Waals surface area contributed by atoms with Crippen molar-refractivity contribution in [1.82, 2.24) is 14.7 Å². The molecule has 1 saturated heterocycles. The number of carbonyl (C=O) groups excluding carboxylic acids is 2. The van der Waals surface area contributed by atoms with Gasteiger partial charge in [-0.15, -0.1) is 0 Å². The van der Waals surface area contributed by atoms with E-state index in [1.165, 1.54) is 17.6 Å². The summed E-state index contributed by atoms with van der Waals surface area (Å²) in [7, 11) is 4.80. The summed E-state index contributed by atoms with van der Waals surface area (Å²) in [5, 5.41) is 0. The predicted octanol–water partition coefficient (Wildman–Crippen LogP) is 1.54. The molecule has 0 saturated carbocycles. The molecule has 1 fully saturated rings. The lowest BCUT2D eigenvalue weighted by Crippen LogP contribution is -2.54. The Balaban J connectivity index is 1.92. The van der Waals surface area contributed by atoms with Gasteiger partial charge in [0.25, 0.3) is 0 Å². The van der Waals surface area contributed by atoms with Crippen LogP contribution in [0.15, 0.2) is 30.3 Å². The monoisotopic (exact) mass is 290 g/mol. The number of imide groups is 1. The molecule has 0 radical (unpaired) electrons. The Morgan fingerprint density at radius 1 is 0.952 bits per heavy atom. The highest BCUT2D eigenvalue weighted by molar-refractivity contribution is 5.93. The number of carbonyl (C=O) groups is 2. The Bertz CT molecular complexity index is 496. The van der Waals surface area contributed by atoms with E-state index in [4.69, 9.17) is 0 Å². The van der Waals surface area contributed by atoms with Gasteiger partial charge >= 0.3 is 12.1 Å². The van der Waals surface area contributed by atoms with Gasteiger partial charge < -0.3 is 14.7 Å². The molecule has 1 aliphatic rings. The van der Waals surface area contributed by atoms with Gasteiger partial charge in [0.2, 0.25) is 0 Å². The largest absolute Gasteiger partial charge is 0.368 e. The summed E-state index contributed by atoms with van der Waals surface area (Å²) in [6.07, 6.45) is 0.